The Morgan fingerprint density at radius 2 is 2.00 bits per heavy atom. The Bertz CT molecular complexity index is 201. The van der Waals surface area contributed by atoms with Gasteiger partial charge in [0.15, 0.2) is 0 Å². The molecule has 0 spiro atoms. The number of rotatable bonds is 0. The van der Waals surface area contributed by atoms with Gasteiger partial charge < -0.3 is 19.7 Å². The summed E-state index contributed by atoms with van der Waals surface area (Å²) in [5.41, 5.74) is 0. The molecule has 6 heteroatoms. The van der Waals surface area contributed by atoms with Gasteiger partial charge in [0.25, 0.3) is 0 Å². The van der Waals surface area contributed by atoms with Crippen molar-refractivity contribution in [3.8, 4) is 0 Å². The van der Waals surface area contributed by atoms with Crippen LogP contribution in [0.2, 0.25) is 0 Å². The fourth-order valence-electron chi connectivity index (χ4n) is 0.941. The third-order valence-electron chi connectivity index (χ3n) is 1.65. The van der Waals surface area contributed by atoms with Crippen LogP contribution in [0.15, 0.2) is 0 Å². The highest BCUT2D eigenvalue weighted by Gasteiger charge is 2.20. The van der Waals surface area contributed by atoms with Crippen molar-refractivity contribution < 1.29 is 19.1 Å². The van der Waals surface area contributed by atoms with Crippen LogP contribution in [0.1, 0.15) is 0 Å². The summed E-state index contributed by atoms with van der Waals surface area (Å²) in [4.78, 5) is 23.2. The number of ether oxygens (including phenoxy) is 2. The van der Waals surface area contributed by atoms with Crippen molar-refractivity contribution in [1.29, 1.82) is 0 Å². The van der Waals surface area contributed by atoms with Crippen molar-refractivity contribution >= 4 is 12.2 Å². The molecule has 0 saturated carbocycles. The van der Waals surface area contributed by atoms with Crippen LogP contribution in [-0.4, -0.2) is 50.4 Å². The smallest absolute Gasteiger partial charge is 0.378 e. The lowest BCUT2D eigenvalue weighted by atomic mass is 10.5. The first-order valence-electron chi connectivity index (χ1n) is 4.00. The van der Waals surface area contributed by atoms with E-state index in [0.29, 0.717) is 26.3 Å². The van der Waals surface area contributed by atoms with Gasteiger partial charge in [-0.05, 0) is 0 Å². The van der Waals surface area contributed by atoms with E-state index in [-0.39, 0.29) is 0 Å². The van der Waals surface area contributed by atoms with Crippen LogP contribution in [0.3, 0.4) is 0 Å². The Labute approximate surface area is 75.8 Å². The molecule has 0 radical (unpaired) electrons. The van der Waals surface area contributed by atoms with E-state index in [4.69, 9.17) is 4.74 Å². The minimum atomic E-state index is -0.739. The monoisotopic (exact) mass is 188 g/mol. The summed E-state index contributed by atoms with van der Waals surface area (Å²) in [6.45, 7) is 1.91. The predicted molar refractivity (Wildman–Crippen MR) is 43.3 cm³/mol. The van der Waals surface area contributed by atoms with Gasteiger partial charge in [0.05, 0.1) is 13.2 Å². The second-order valence-corrected chi connectivity index (χ2v) is 2.50. The third kappa shape index (κ3) is 2.90. The van der Waals surface area contributed by atoms with Gasteiger partial charge in [0.2, 0.25) is 0 Å². The van der Waals surface area contributed by atoms with Gasteiger partial charge in [-0.1, -0.05) is 0 Å². The van der Waals surface area contributed by atoms with Crippen LogP contribution < -0.4 is 5.32 Å². The fourth-order valence-corrected chi connectivity index (χ4v) is 0.941. The number of carbonyl (C=O) groups is 2. The van der Waals surface area contributed by atoms with Crippen LogP contribution in [0.25, 0.3) is 0 Å². The van der Waals surface area contributed by atoms with Crippen molar-refractivity contribution in [2.24, 2.45) is 0 Å². The molecule has 0 aromatic carbocycles. The van der Waals surface area contributed by atoms with Crippen LogP contribution in [0.4, 0.5) is 9.59 Å². The molecule has 0 aromatic rings. The molecule has 74 valence electrons. The summed E-state index contributed by atoms with van der Waals surface area (Å²) in [6.07, 6.45) is -1.36. The van der Waals surface area contributed by atoms with Gasteiger partial charge in [-0.15, -0.1) is 0 Å². The molecule has 0 atom stereocenters. The van der Waals surface area contributed by atoms with Crippen LogP contribution in [-0.2, 0) is 9.47 Å². The Hall–Kier alpha value is -1.30. The zero-order chi connectivity index (χ0) is 9.68. The summed E-state index contributed by atoms with van der Waals surface area (Å²) in [6, 6.07) is 0. The van der Waals surface area contributed by atoms with E-state index in [1.54, 1.807) is 0 Å². The van der Waals surface area contributed by atoms with Crippen LogP contribution in [0.5, 0.6) is 0 Å². The molecule has 2 amide bonds. The van der Waals surface area contributed by atoms with Gasteiger partial charge in [-0.2, -0.15) is 0 Å². The predicted octanol–water partition coefficient (Wildman–Crippen LogP) is -0.205. The van der Waals surface area contributed by atoms with Gasteiger partial charge >= 0.3 is 12.2 Å². The lowest BCUT2D eigenvalue weighted by molar-refractivity contribution is 0.0356. The Morgan fingerprint density at radius 3 is 2.54 bits per heavy atom. The summed E-state index contributed by atoms with van der Waals surface area (Å²) in [5, 5.41) is 2.20. The van der Waals surface area contributed by atoms with E-state index in [0.717, 1.165) is 0 Å². The molecule has 13 heavy (non-hydrogen) atoms. The molecule has 1 fully saturated rings. The molecule has 1 saturated heterocycles. The number of nitrogens with zero attached hydrogens (tertiary/aromatic N) is 1. The van der Waals surface area contributed by atoms with E-state index < -0.39 is 12.2 Å². The number of nitrogens with one attached hydrogen (secondary N) is 1. The highest BCUT2D eigenvalue weighted by Crippen LogP contribution is 1.99. The van der Waals surface area contributed by atoms with E-state index in [1.807, 2.05) is 0 Å². The van der Waals surface area contributed by atoms with Crippen LogP contribution in [0, 0.1) is 0 Å². The molecule has 0 aromatic heterocycles. The number of hydrogen-bond acceptors (Lipinski definition) is 4. The summed E-state index contributed by atoms with van der Waals surface area (Å²) in [5.74, 6) is 0. The maximum Gasteiger partial charge on any atom is 0.418 e. The van der Waals surface area contributed by atoms with Crippen molar-refractivity contribution in [3.05, 3.63) is 0 Å². The quantitative estimate of drug-likeness (QED) is 0.534. The average molecular weight is 188 g/mol. The zero-order valence-electron chi connectivity index (χ0n) is 7.41. The van der Waals surface area contributed by atoms with Gasteiger partial charge in [-0.3, -0.25) is 0 Å². The first kappa shape index (κ1) is 9.79. The van der Waals surface area contributed by atoms with E-state index >= 15 is 0 Å². The van der Waals surface area contributed by atoms with Gasteiger partial charge in [0, 0.05) is 20.1 Å². The first-order valence-corrected chi connectivity index (χ1v) is 4.00. The molecule has 6 nitrogen and oxygen atoms in total. The summed E-state index contributed by atoms with van der Waals surface area (Å²) < 4.78 is 9.45. The highest BCUT2D eigenvalue weighted by molar-refractivity contribution is 5.83. The summed E-state index contributed by atoms with van der Waals surface area (Å²) in [7, 11) is 1.40. The van der Waals surface area contributed by atoms with Crippen molar-refractivity contribution in [1.82, 2.24) is 10.2 Å². The van der Waals surface area contributed by atoms with Gasteiger partial charge in [-0.25, -0.2) is 9.59 Å². The number of carbonyl (C=O) groups excluding carboxylic acids is 2. The number of morpholine rings is 1. The van der Waals surface area contributed by atoms with Gasteiger partial charge in [0.1, 0.15) is 0 Å². The fraction of sp³-hybridized carbons (Fsp3) is 0.714. The number of alkyl carbamates (subject to hydrolysis) is 1. The largest absolute Gasteiger partial charge is 0.418 e. The normalized spacial score (nSPS) is 16.5. The van der Waals surface area contributed by atoms with Crippen molar-refractivity contribution in [2.75, 3.05) is 33.4 Å². The Kier molecular flexibility index (Phi) is 3.51. The average Bonchev–Trinajstić information content (AvgIpc) is 2.19. The molecular formula is C7H12N2O4. The molecule has 1 aliphatic heterocycles. The Balaban J connectivity index is 2.33. The number of hydrogen-bond donors (Lipinski definition) is 1. The maximum absolute atomic E-state index is 11.2. The molecule has 1 N–H and O–H groups in total. The lowest BCUT2D eigenvalue weighted by Gasteiger charge is -2.25. The molecule has 1 rings (SSSR count). The molecule has 0 bridgehead atoms. The molecule has 1 aliphatic rings. The first-order chi connectivity index (χ1) is 6.24. The molecular weight excluding hydrogens is 176 g/mol. The SMILES string of the molecule is CNC(=O)OC(=O)N1CCOCC1. The minimum Gasteiger partial charge on any atom is -0.378 e. The standard InChI is InChI=1S/C7H12N2O4/c1-8-6(10)13-7(11)9-2-4-12-5-3-9/h2-5H2,1H3,(H,8,10). The van der Waals surface area contributed by atoms with Crippen molar-refractivity contribution in [2.45, 2.75) is 0 Å². The molecule has 0 aliphatic carbocycles. The van der Waals surface area contributed by atoms with E-state index in [1.165, 1.54) is 11.9 Å². The molecule has 1 heterocycles. The van der Waals surface area contributed by atoms with Crippen molar-refractivity contribution in [3.63, 3.8) is 0 Å². The zero-order valence-corrected chi connectivity index (χ0v) is 7.41. The topological polar surface area (TPSA) is 67.9 Å². The lowest BCUT2D eigenvalue weighted by Crippen LogP contribution is -2.42. The Morgan fingerprint density at radius 1 is 1.38 bits per heavy atom. The number of amides is 2. The summed E-state index contributed by atoms with van der Waals surface area (Å²) >= 11 is 0. The molecule has 0 unspecified atom stereocenters. The maximum atomic E-state index is 11.2. The minimum absolute atomic E-state index is 0.468. The second-order valence-electron chi connectivity index (χ2n) is 2.50. The second kappa shape index (κ2) is 4.66. The van der Waals surface area contributed by atoms with E-state index in [2.05, 4.69) is 10.1 Å². The third-order valence-corrected chi connectivity index (χ3v) is 1.65. The highest BCUT2D eigenvalue weighted by atomic mass is 16.6. The van der Waals surface area contributed by atoms with Crippen LogP contribution >= 0.6 is 0 Å². The van der Waals surface area contributed by atoms with E-state index in [9.17, 15) is 9.59 Å².